The summed E-state index contributed by atoms with van der Waals surface area (Å²) in [4.78, 5) is 14.0. The molecule has 0 saturated carbocycles. The van der Waals surface area contributed by atoms with E-state index in [0.717, 1.165) is 26.1 Å². The molecule has 1 N–H and O–H groups in total. The Labute approximate surface area is 116 Å². The van der Waals surface area contributed by atoms with Crippen LogP contribution in [0.4, 0.5) is 5.69 Å². The van der Waals surface area contributed by atoms with Crippen molar-refractivity contribution in [2.24, 2.45) is 11.8 Å². The summed E-state index contributed by atoms with van der Waals surface area (Å²) in [6, 6.07) is 8.63. The molecule has 1 aromatic rings. The van der Waals surface area contributed by atoms with Crippen LogP contribution >= 0.6 is 0 Å². The van der Waals surface area contributed by atoms with Crippen molar-refractivity contribution < 1.29 is 4.79 Å². The number of nitrogens with one attached hydrogen (secondary N) is 1. The summed E-state index contributed by atoms with van der Waals surface area (Å²) in [6.07, 6.45) is 1.16. The number of hydrogen-bond donors (Lipinski definition) is 1. The minimum absolute atomic E-state index is 0.0780. The molecule has 19 heavy (non-hydrogen) atoms. The molecule has 0 bridgehead atoms. The molecule has 0 radical (unpaired) electrons. The zero-order valence-corrected chi connectivity index (χ0v) is 12.1. The molecule has 3 nitrogen and oxygen atoms in total. The highest BCUT2D eigenvalue weighted by atomic mass is 16.1. The van der Waals surface area contributed by atoms with Gasteiger partial charge in [-0.25, -0.2) is 0 Å². The summed E-state index contributed by atoms with van der Waals surface area (Å²) in [5, 5.41) is 3.04. The molecule has 2 rings (SSSR count). The maximum absolute atomic E-state index is 11.6. The van der Waals surface area contributed by atoms with Crippen LogP contribution in [0, 0.1) is 18.8 Å². The summed E-state index contributed by atoms with van der Waals surface area (Å²) < 4.78 is 0. The molecule has 3 heteroatoms. The van der Waals surface area contributed by atoms with E-state index in [1.165, 1.54) is 11.3 Å². The topological polar surface area (TPSA) is 32.3 Å². The Morgan fingerprint density at radius 2 is 2.26 bits per heavy atom. The Hall–Kier alpha value is -1.51. The maximum Gasteiger partial charge on any atom is 0.222 e. The summed E-state index contributed by atoms with van der Waals surface area (Å²) in [5.74, 6) is 0.812. The average Bonchev–Trinajstić information content (AvgIpc) is 2.84. The van der Waals surface area contributed by atoms with Crippen molar-refractivity contribution in [1.29, 1.82) is 0 Å². The first-order valence-electron chi connectivity index (χ1n) is 7.15. The number of nitrogens with zero attached hydrogens (tertiary/aromatic N) is 1. The Morgan fingerprint density at radius 1 is 1.47 bits per heavy atom. The van der Waals surface area contributed by atoms with Crippen molar-refractivity contribution in [3.8, 4) is 0 Å². The van der Waals surface area contributed by atoms with Crippen molar-refractivity contribution in [2.75, 3.05) is 24.5 Å². The van der Waals surface area contributed by atoms with Crippen LogP contribution in [0.3, 0.4) is 0 Å². The van der Waals surface area contributed by atoms with Gasteiger partial charge in [0.2, 0.25) is 5.91 Å². The first kappa shape index (κ1) is 13.9. The largest absolute Gasteiger partial charge is 0.371 e. The van der Waals surface area contributed by atoms with Gasteiger partial charge in [0.05, 0.1) is 0 Å². The number of hydrogen-bond acceptors (Lipinski definition) is 2. The molecule has 1 aliphatic heterocycles. The SMILES string of the molecule is Cc1cccc(N2CCC(CNC(=O)C(C)C)C2)c1. The van der Waals surface area contributed by atoms with Gasteiger partial charge in [0.25, 0.3) is 0 Å². The van der Waals surface area contributed by atoms with Crippen molar-refractivity contribution in [2.45, 2.75) is 27.2 Å². The highest BCUT2D eigenvalue weighted by Crippen LogP contribution is 2.24. The van der Waals surface area contributed by atoms with Crippen molar-refractivity contribution in [1.82, 2.24) is 5.32 Å². The van der Waals surface area contributed by atoms with Gasteiger partial charge in [-0.15, -0.1) is 0 Å². The van der Waals surface area contributed by atoms with Crippen LogP contribution in [0.15, 0.2) is 24.3 Å². The molecule has 104 valence electrons. The third kappa shape index (κ3) is 3.72. The molecule has 1 atom stereocenters. The van der Waals surface area contributed by atoms with E-state index in [1.807, 2.05) is 13.8 Å². The number of carbonyl (C=O) groups excluding carboxylic acids is 1. The van der Waals surface area contributed by atoms with E-state index in [4.69, 9.17) is 0 Å². The lowest BCUT2D eigenvalue weighted by Crippen LogP contribution is -2.33. The predicted octanol–water partition coefficient (Wildman–Crippen LogP) is 2.59. The van der Waals surface area contributed by atoms with Crippen LogP contribution < -0.4 is 10.2 Å². The lowest BCUT2D eigenvalue weighted by atomic mass is 10.1. The zero-order chi connectivity index (χ0) is 13.8. The smallest absolute Gasteiger partial charge is 0.222 e. The predicted molar refractivity (Wildman–Crippen MR) is 79.3 cm³/mol. The average molecular weight is 260 g/mol. The molecule has 1 heterocycles. The monoisotopic (exact) mass is 260 g/mol. The molecule has 1 aliphatic rings. The van der Waals surface area contributed by atoms with Crippen LogP contribution in [0.5, 0.6) is 0 Å². The minimum atomic E-state index is 0.0780. The summed E-state index contributed by atoms with van der Waals surface area (Å²) in [6.45, 7) is 8.93. The third-order valence-electron chi connectivity index (χ3n) is 3.74. The van der Waals surface area contributed by atoms with E-state index in [1.54, 1.807) is 0 Å². The molecule has 1 amide bonds. The molecular weight excluding hydrogens is 236 g/mol. The second-order valence-electron chi connectivity index (χ2n) is 5.84. The van der Waals surface area contributed by atoms with Gasteiger partial charge in [0.1, 0.15) is 0 Å². The maximum atomic E-state index is 11.6. The molecule has 0 aliphatic carbocycles. The first-order valence-corrected chi connectivity index (χ1v) is 7.15. The van der Waals surface area contributed by atoms with E-state index in [0.29, 0.717) is 5.92 Å². The van der Waals surface area contributed by atoms with Crippen molar-refractivity contribution in [3.63, 3.8) is 0 Å². The number of benzene rings is 1. The highest BCUT2D eigenvalue weighted by Gasteiger charge is 2.23. The lowest BCUT2D eigenvalue weighted by Gasteiger charge is -2.19. The van der Waals surface area contributed by atoms with Gasteiger partial charge >= 0.3 is 0 Å². The Bertz CT molecular complexity index is 442. The zero-order valence-electron chi connectivity index (χ0n) is 12.1. The van der Waals surface area contributed by atoms with E-state index < -0.39 is 0 Å². The van der Waals surface area contributed by atoms with Gasteiger partial charge < -0.3 is 10.2 Å². The molecule has 1 unspecified atom stereocenters. The number of amides is 1. The van der Waals surface area contributed by atoms with E-state index >= 15 is 0 Å². The number of aryl methyl sites for hydroxylation is 1. The van der Waals surface area contributed by atoms with Crippen LogP contribution in [0.2, 0.25) is 0 Å². The van der Waals surface area contributed by atoms with Gasteiger partial charge in [-0.05, 0) is 37.0 Å². The number of rotatable bonds is 4. The fourth-order valence-electron chi connectivity index (χ4n) is 2.51. The Morgan fingerprint density at radius 3 is 2.95 bits per heavy atom. The van der Waals surface area contributed by atoms with E-state index in [2.05, 4.69) is 41.4 Å². The first-order chi connectivity index (χ1) is 9.06. The minimum Gasteiger partial charge on any atom is -0.371 e. The second kappa shape index (κ2) is 6.09. The summed E-state index contributed by atoms with van der Waals surface area (Å²) in [5.41, 5.74) is 2.60. The van der Waals surface area contributed by atoms with Gasteiger partial charge in [-0.2, -0.15) is 0 Å². The fourth-order valence-corrected chi connectivity index (χ4v) is 2.51. The number of anilines is 1. The standard InChI is InChI=1S/C16H24N2O/c1-12(2)16(19)17-10-14-7-8-18(11-14)15-6-4-5-13(3)9-15/h4-6,9,12,14H,7-8,10-11H2,1-3H3,(H,17,19). The van der Waals surface area contributed by atoms with E-state index in [9.17, 15) is 4.79 Å². The Kier molecular flexibility index (Phi) is 4.46. The summed E-state index contributed by atoms with van der Waals surface area (Å²) >= 11 is 0. The normalized spacial score (nSPS) is 18.9. The van der Waals surface area contributed by atoms with Crippen LogP contribution in [-0.2, 0) is 4.79 Å². The molecule has 0 aromatic heterocycles. The van der Waals surface area contributed by atoms with Crippen LogP contribution in [-0.4, -0.2) is 25.5 Å². The van der Waals surface area contributed by atoms with Crippen molar-refractivity contribution >= 4 is 11.6 Å². The highest BCUT2D eigenvalue weighted by molar-refractivity contribution is 5.77. The fraction of sp³-hybridized carbons (Fsp3) is 0.562. The van der Waals surface area contributed by atoms with E-state index in [-0.39, 0.29) is 11.8 Å². The van der Waals surface area contributed by atoms with Crippen LogP contribution in [0.25, 0.3) is 0 Å². The lowest BCUT2D eigenvalue weighted by molar-refractivity contribution is -0.124. The van der Waals surface area contributed by atoms with Crippen molar-refractivity contribution in [3.05, 3.63) is 29.8 Å². The van der Waals surface area contributed by atoms with Crippen LogP contribution in [0.1, 0.15) is 25.8 Å². The van der Waals surface area contributed by atoms with Gasteiger partial charge in [0, 0.05) is 31.2 Å². The quantitative estimate of drug-likeness (QED) is 0.902. The molecule has 0 spiro atoms. The van der Waals surface area contributed by atoms with Gasteiger partial charge in [-0.1, -0.05) is 26.0 Å². The van der Waals surface area contributed by atoms with Gasteiger partial charge in [-0.3, -0.25) is 4.79 Å². The Balaban J connectivity index is 1.85. The van der Waals surface area contributed by atoms with Gasteiger partial charge in [0.15, 0.2) is 0 Å². The summed E-state index contributed by atoms with van der Waals surface area (Å²) in [7, 11) is 0. The number of carbonyl (C=O) groups is 1. The molecule has 1 aromatic carbocycles. The molecular formula is C16H24N2O. The molecule has 1 fully saturated rings. The molecule has 1 saturated heterocycles. The third-order valence-corrected chi connectivity index (χ3v) is 3.74. The second-order valence-corrected chi connectivity index (χ2v) is 5.84.